The maximum atomic E-state index is 3.92. The van der Waals surface area contributed by atoms with Crippen LogP contribution in [0.15, 0.2) is 0 Å². The van der Waals surface area contributed by atoms with E-state index in [9.17, 15) is 0 Å². The monoisotopic (exact) mass is 901 g/mol. The van der Waals surface area contributed by atoms with Gasteiger partial charge in [0.2, 0.25) is 0 Å². The van der Waals surface area contributed by atoms with Crippen LogP contribution in [0.5, 0.6) is 0 Å². The quantitative estimate of drug-likeness (QED) is 0.0324. The van der Waals surface area contributed by atoms with Crippen molar-refractivity contribution in [2.45, 2.75) is 373 Å². The van der Waals surface area contributed by atoms with Crippen LogP contribution in [0.3, 0.4) is 0 Å². The van der Waals surface area contributed by atoms with Crippen molar-refractivity contribution in [3.05, 3.63) is 13.8 Å². The average molecular weight is 902 g/mol. The molecule has 0 N–H and O–H groups in total. The summed E-state index contributed by atoms with van der Waals surface area (Å²) in [6.45, 7) is 12.4. The van der Waals surface area contributed by atoms with Crippen LogP contribution < -0.4 is 0 Å². The van der Waals surface area contributed by atoms with Crippen molar-refractivity contribution in [1.82, 2.24) is 0 Å². The molecule has 0 nitrogen and oxygen atoms in total. The third-order valence-electron chi connectivity index (χ3n) is 13.7. The summed E-state index contributed by atoms with van der Waals surface area (Å²) in [6.07, 6.45) is 81.6. The Hall–Kier alpha value is 0.494. The minimum Gasteiger partial charge on any atom is -0.343 e. The zero-order valence-electron chi connectivity index (χ0n) is 43.3. The average Bonchev–Trinajstić information content (AvgIpc) is 3.26. The summed E-state index contributed by atoms with van der Waals surface area (Å²) in [5.74, 6) is 0. The van der Waals surface area contributed by atoms with Crippen molar-refractivity contribution >= 4 is 0 Å². The molecule has 372 valence electrons. The number of rotatable bonds is 54. The Kier molecular flexibility index (Phi) is 72.3. The summed E-state index contributed by atoms with van der Waals surface area (Å²) < 4.78 is 0. The molecule has 0 aromatic rings. The van der Waals surface area contributed by atoms with E-state index in [-0.39, 0.29) is 16.5 Å². The molecule has 0 aliphatic carbocycles. The van der Waals surface area contributed by atoms with Crippen molar-refractivity contribution in [1.29, 1.82) is 0 Å². The molecule has 0 amide bonds. The Balaban J connectivity index is -0.00000109. The first-order valence-corrected chi connectivity index (χ1v) is 29.4. The molecule has 0 aromatic carbocycles. The molecule has 1 heteroatoms. The van der Waals surface area contributed by atoms with Gasteiger partial charge in [-0.25, -0.2) is 0 Å². The Labute approximate surface area is 401 Å². The molecule has 0 aliphatic heterocycles. The number of hydrogen-bond donors (Lipinski definition) is 0. The van der Waals surface area contributed by atoms with Crippen molar-refractivity contribution in [3.8, 4) is 0 Å². The van der Waals surface area contributed by atoms with Gasteiger partial charge < -0.3 is 13.8 Å². The number of hydrogen-bond acceptors (Lipinski definition) is 0. The van der Waals surface area contributed by atoms with E-state index in [1.54, 1.807) is 0 Å². The standard InChI is InChI=1S/2C30H61.Ni/c2*1-3-5-7-9-11-13-15-17-19-21-23-25-27-29-30-28-26-24-22-20-18-16-14-12-10-8-6-4-2;/h2*1,3-30H2,2H3;/q2*-1;+2. The summed E-state index contributed by atoms with van der Waals surface area (Å²) in [7, 11) is 0. The number of unbranched alkanes of at least 4 members (excludes halogenated alkanes) is 54. The van der Waals surface area contributed by atoms with E-state index in [1.165, 1.54) is 347 Å². The molecule has 0 unspecified atom stereocenters. The van der Waals surface area contributed by atoms with Crippen molar-refractivity contribution in [2.24, 2.45) is 0 Å². The second-order valence-electron chi connectivity index (χ2n) is 20.1. The fourth-order valence-corrected chi connectivity index (χ4v) is 9.34. The summed E-state index contributed by atoms with van der Waals surface area (Å²) >= 11 is 0. The van der Waals surface area contributed by atoms with Crippen LogP contribution in [0, 0.1) is 13.8 Å². The van der Waals surface area contributed by atoms with Gasteiger partial charge in [-0.15, -0.1) is 0 Å². The molecule has 0 saturated carbocycles. The molecule has 0 rings (SSSR count). The molecule has 0 bridgehead atoms. The molecular weight excluding hydrogens is 779 g/mol. The molecule has 0 fully saturated rings. The van der Waals surface area contributed by atoms with Crippen LogP contribution in [0.25, 0.3) is 0 Å². The van der Waals surface area contributed by atoms with Gasteiger partial charge in [-0.1, -0.05) is 361 Å². The fourth-order valence-electron chi connectivity index (χ4n) is 9.34. The van der Waals surface area contributed by atoms with E-state index in [4.69, 9.17) is 0 Å². The predicted octanol–water partition coefficient (Wildman–Crippen LogP) is 23.5. The Morgan fingerprint density at radius 2 is 0.230 bits per heavy atom. The van der Waals surface area contributed by atoms with Crippen LogP contribution >= 0.6 is 0 Å². The van der Waals surface area contributed by atoms with E-state index in [1.807, 2.05) is 0 Å². The van der Waals surface area contributed by atoms with E-state index in [2.05, 4.69) is 27.7 Å². The zero-order valence-corrected chi connectivity index (χ0v) is 44.3. The van der Waals surface area contributed by atoms with E-state index < -0.39 is 0 Å². The van der Waals surface area contributed by atoms with Gasteiger partial charge in [-0.3, -0.25) is 0 Å². The Bertz CT molecular complexity index is 546. The second kappa shape index (κ2) is 67.1. The van der Waals surface area contributed by atoms with E-state index in [0.717, 1.165) is 12.8 Å². The summed E-state index contributed by atoms with van der Waals surface area (Å²) in [5, 5.41) is 0. The topological polar surface area (TPSA) is 0 Å². The van der Waals surface area contributed by atoms with Crippen LogP contribution in [-0.4, -0.2) is 0 Å². The van der Waals surface area contributed by atoms with Crippen molar-refractivity contribution < 1.29 is 16.5 Å². The van der Waals surface area contributed by atoms with E-state index in [0.29, 0.717) is 0 Å². The smallest absolute Gasteiger partial charge is 0.343 e. The molecule has 0 radical (unpaired) electrons. The second-order valence-corrected chi connectivity index (χ2v) is 20.1. The first kappa shape index (κ1) is 65.8. The van der Waals surface area contributed by atoms with Gasteiger partial charge in [0, 0.05) is 0 Å². The summed E-state index contributed by atoms with van der Waals surface area (Å²) in [6, 6.07) is 0. The summed E-state index contributed by atoms with van der Waals surface area (Å²) in [4.78, 5) is 0. The van der Waals surface area contributed by atoms with Crippen LogP contribution in [0.4, 0.5) is 0 Å². The molecule has 61 heavy (non-hydrogen) atoms. The molecule has 0 heterocycles. The summed E-state index contributed by atoms with van der Waals surface area (Å²) in [5.41, 5.74) is 0. The molecule has 0 spiro atoms. The maximum Gasteiger partial charge on any atom is 2.00 e. The first-order chi connectivity index (χ1) is 29.8. The van der Waals surface area contributed by atoms with Gasteiger partial charge in [0.1, 0.15) is 0 Å². The molecule has 0 aliphatic rings. The molecule has 0 atom stereocenters. The third kappa shape index (κ3) is 69.7. The third-order valence-corrected chi connectivity index (χ3v) is 13.7. The van der Waals surface area contributed by atoms with Gasteiger partial charge in [-0.05, 0) is 0 Å². The van der Waals surface area contributed by atoms with Gasteiger partial charge in [0.05, 0.1) is 0 Å². The minimum absolute atomic E-state index is 0. The van der Waals surface area contributed by atoms with Crippen LogP contribution in [0.1, 0.15) is 373 Å². The van der Waals surface area contributed by atoms with E-state index >= 15 is 0 Å². The largest absolute Gasteiger partial charge is 2.00 e. The van der Waals surface area contributed by atoms with Gasteiger partial charge in [0.15, 0.2) is 0 Å². The first-order valence-electron chi connectivity index (χ1n) is 29.4. The van der Waals surface area contributed by atoms with Gasteiger partial charge in [-0.2, -0.15) is 12.8 Å². The van der Waals surface area contributed by atoms with Crippen molar-refractivity contribution in [2.75, 3.05) is 0 Å². The Morgan fingerprint density at radius 3 is 0.311 bits per heavy atom. The van der Waals surface area contributed by atoms with Crippen LogP contribution in [-0.2, 0) is 16.5 Å². The zero-order chi connectivity index (χ0) is 43.6. The molecule has 0 saturated heterocycles. The van der Waals surface area contributed by atoms with Gasteiger partial charge in [0.25, 0.3) is 0 Å². The molecule has 0 aromatic heterocycles. The Morgan fingerprint density at radius 1 is 0.148 bits per heavy atom. The SMILES string of the molecule is [CH2-]CCCCCCCCCCCCCCCCCCCCCCCCCCCCC.[CH2-]CCCCCCCCCCCCCCCCCCCCCCCCCCCCC.[Ni+2]. The predicted molar refractivity (Wildman–Crippen MR) is 281 cm³/mol. The fraction of sp³-hybridized carbons (Fsp3) is 0.967. The van der Waals surface area contributed by atoms with Crippen molar-refractivity contribution in [3.63, 3.8) is 0 Å². The molecular formula is C60H122Ni. The van der Waals surface area contributed by atoms with Crippen LogP contribution in [0.2, 0.25) is 0 Å². The normalized spacial score (nSPS) is 11.2. The maximum absolute atomic E-state index is 3.92. The minimum atomic E-state index is 0. The van der Waals surface area contributed by atoms with Gasteiger partial charge >= 0.3 is 16.5 Å².